The van der Waals surface area contributed by atoms with Gasteiger partial charge >= 0.3 is 0 Å². The van der Waals surface area contributed by atoms with Crippen LogP contribution in [0.2, 0.25) is 0 Å². The summed E-state index contributed by atoms with van der Waals surface area (Å²) >= 11 is 0. The fraction of sp³-hybridized carbons (Fsp3) is 1.00. The van der Waals surface area contributed by atoms with Gasteiger partial charge in [0.05, 0.1) is 6.10 Å². The van der Waals surface area contributed by atoms with E-state index in [2.05, 4.69) is 19.2 Å². The smallest absolute Gasteiger partial charge is 0.0693 e. The molecule has 13 heavy (non-hydrogen) atoms. The summed E-state index contributed by atoms with van der Waals surface area (Å²) in [4.78, 5) is 0. The number of hydrogen-bond donors (Lipinski definition) is 2. The summed E-state index contributed by atoms with van der Waals surface area (Å²) in [6.07, 6.45) is 0.202. The molecule has 0 saturated heterocycles. The molecule has 4 atom stereocenters. The second kappa shape index (κ2) is 6.35. The molecule has 2 N–H and O–H groups in total. The van der Waals surface area contributed by atoms with Crippen molar-refractivity contribution in [2.45, 2.75) is 45.9 Å². The Labute approximate surface area is 81.5 Å². The van der Waals surface area contributed by atoms with Crippen LogP contribution in [0.3, 0.4) is 0 Å². The molecule has 0 aromatic carbocycles. The number of hydrogen-bond acceptors (Lipinski definition) is 3. The third-order valence-corrected chi connectivity index (χ3v) is 2.74. The SMILES string of the molecule is COC(C)C(C)NC(C)C(C)CO. The van der Waals surface area contributed by atoms with E-state index in [1.165, 1.54) is 0 Å². The molecule has 0 rings (SSSR count). The van der Waals surface area contributed by atoms with Gasteiger partial charge in [0.25, 0.3) is 0 Å². The summed E-state index contributed by atoms with van der Waals surface area (Å²) in [6, 6.07) is 0.631. The number of aliphatic hydroxyl groups is 1. The number of ether oxygens (including phenoxy) is 1. The summed E-state index contributed by atoms with van der Waals surface area (Å²) in [7, 11) is 1.71. The Bertz CT molecular complexity index is 116. The molecule has 0 bridgehead atoms. The van der Waals surface area contributed by atoms with Crippen LogP contribution in [0.15, 0.2) is 0 Å². The maximum Gasteiger partial charge on any atom is 0.0693 e. The van der Waals surface area contributed by atoms with E-state index in [1.807, 2.05) is 13.8 Å². The van der Waals surface area contributed by atoms with Gasteiger partial charge in [0.2, 0.25) is 0 Å². The lowest BCUT2D eigenvalue weighted by Gasteiger charge is -2.27. The molecule has 0 fully saturated rings. The summed E-state index contributed by atoms with van der Waals surface area (Å²) in [5, 5.41) is 12.3. The van der Waals surface area contributed by atoms with Crippen molar-refractivity contribution in [3.05, 3.63) is 0 Å². The number of aliphatic hydroxyl groups excluding tert-OH is 1. The van der Waals surface area contributed by atoms with E-state index in [9.17, 15) is 0 Å². The van der Waals surface area contributed by atoms with Gasteiger partial charge in [-0.1, -0.05) is 6.92 Å². The molecular weight excluding hydrogens is 166 g/mol. The largest absolute Gasteiger partial charge is 0.396 e. The van der Waals surface area contributed by atoms with Gasteiger partial charge in [-0.2, -0.15) is 0 Å². The van der Waals surface area contributed by atoms with Crippen LogP contribution in [0.1, 0.15) is 27.7 Å². The van der Waals surface area contributed by atoms with Crippen LogP contribution in [0.25, 0.3) is 0 Å². The maximum atomic E-state index is 8.94. The van der Waals surface area contributed by atoms with E-state index in [0.717, 1.165) is 0 Å². The third-order valence-electron chi connectivity index (χ3n) is 2.74. The van der Waals surface area contributed by atoms with Crippen LogP contribution in [-0.2, 0) is 4.74 Å². The Balaban J connectivity index is 3.83. The van der Waals surface area contributed by atoms with Gasteiger partial charge in [-0.3, -0.25) is 0 Å². The lowest BCUT2D eigenvalue weighted by Crippen LogP contribution is -2.45. The van der Waals surface area contributed by atoms with E-state index in [1.54, 1.807) is 7.11 Å². The zero-order valence-corrected chi connectivity index (χ0v) is 9.37. The van der Waals surface area contributed by atoms with Crippen LogP contribution in [-0.4, -0.2) is 37.0 Å². The van der Waals surface area contributed by atoms with Crippen molar-refractivity contribution in [3.8, 4) is 0 Å². The minimum Gasteiger partial charge on any atom is -0.396 e. The number of nitrogens with one attached hydrogen (secondary N) is 1. The second-order valence-electron chi connectivity index (χ2n) is 3.84. The predicted octanol–water partition coefficient (Wildman–Crippen LogP) is 1.02. The molecule has 80 valence electrons. The van der Waals surface area contributed by atoms with Gasteiger partial charge in [-0.25, -0.2) is 0 Å². The van der Waals surface area contributed by atoms with Crippen LogP contribution in [0, 0.1) is 5.92 Å². The Morgan fingerprint density at radius 1 is 1.15 bits per heavy atom. The van der Waals surface area contributed by atoms with Gasteiger partial charge in [-0.15, -0.1) is 0 Å². The van der Waals surface area contributed by atoms with Crippen molar-refractivity contribution in [1.82, 2.24) is 5.32 Å². The van der Waals surface area contributed by atoms with E-state index < -0.39 is 0 Å². The zero-order chi connectivity index (χ0) is 10.4. The molecule has 0 aliphatic carbocycles. The molecule has 0 aliphatic rings. The fourth-order valence-electron chi connectivity index (χ4n) is 1.08. The van der Waals surface area contributed by atoms with Gasteiger partial charge in [0, 0.05) is 25.8 Å². The molecule has 4 unspecified atom stereocenters. The predicted molar refractivity (Wildman–Crippen MR) is 54.8 cm³/mol. The Morgan fingerprint density at radius 2 is 1.69 bits per heavy atom. The van der Waals surface area contributed by atoms with Crippen molar-refractivity contribution >= 4 is 0 Å². The monoisotopic (exact) mass is 189 g/mol. The highest BCUT2D eigenvalue weighted by Gasteiger charge is 2.17. The highest BCUT2D eigenvalue weighted by molar-refractivity contribution is 4.75. The van der Waals surface area contributed by atoms with Gasteiger partial charge in [0.15, 0.2) is 0 Å². The van der Waals surface area contributed by atoms with Crippen molar-refractivity contribution in [1.29, 1.82) is 0 Å². The first-order chi connectivity index (χ1) is 6.02. The molecule has 0 aromatic rings. The Morgan fingerprint density at radius 3 is 2.08 bits per heavy atom. The second-order valence-corrected chi connectivity index (χ2v) is 3.84. The molecule has 3 nitrogen and oxygen atoms in total. The normalized spacial score (nSPS) is 20.8. The van der Waals surface area contributed by atoms with Gasteiger partial charge in [0.1, 0.15) is 0 Å². The standard InChI is InChI=1S/C10H23NO2/c1-7(6-12)8(2)11-9(3)10(4)13-5/h7-12H,6H2,1-5H3. The zero-order valence-electron chi connectivity index (χ0n) is 9.37. The van der Waals surface area contributed by atoms with Gasteiger partial charge < -0.3 is 15.2 Å². The van der Waals surface area contributed by atoms with Crippen LogP contribution in [0.4, 0.5) is 0 Å². The maximum absolute atomic E-state index is 8.94. The highest BCUT2D eigenvalue weighted by atomic mass is 16.5. The van der Waals surface area contributed by atoms with E-state index >= 15 is 0 Å². The summed E-state index contributed by atoms with van der Waals surface area (Å²) < 4.78 is 5.20. The summed E-state index contributed by atoms with van der Waals surface area (Å²) in [5.41, 5.74) is 0. The Kier molecular flexibility index (Phi) is 6.29. The molecule has 3 heteroatoms. The van der Waals surface area contributed by atoms with E-state index in [-0.39, 0.29) is 18.6 Å². The fourth-order valence-corrected chi connectivity index (χ4v) is 1.08. The van der Waals surface area contributed by atoms with Crippen molar-refractivity contribution in [3.63, 3.8) is 0 Å². The van der Waals surface area contributed by atoms with E-state index in [0.29, 0.717) is 12.1 Å². The summed E-state index contributed by atoms with van der Waals surface area (Å²) in [5.74, 6) is 0.284. The molecule has 0 amide bonds. The molecule has 0 heterocycles. The van der Waals surface area contributed by atoms with Crippen LogP contribution >= 0.6 is 0 Å². The first-order valence-electron chi connectivity index (χ1n) is 4.92. The van der Waals surface area contributed by atoms with E-state index in [4.69, 9.17) is 9.84 Å². The highest BCUT2D eigenvalue weighted by Crippen LogP contribution is 2.04. The summed E-state index contributed by atoms with van der Waals surface area (Å²) in [6.45, 7) is 8.46. The first kappa shape index (κ1) is 12.9. The lowest BCUT2D eigenvalue weighted by atomic mass is 10.0. The topological polar surface area (TPSA) is 41.5 Å². The Hall–Kier alpha value is -0.120. The van der Waals surface area contributed by atoms with Crippen molar-refractivity contribution < 1.29 is 9.84 Å². The molecule has 0 saturated carbocycles. The molecule has 0 aromatic heterocycles. The van der Waals surface area contributed by atoms with Crippen LogP contribution in [0.5, 0.6) is 0 Å². The minimum absolute atomic E-state index is 0.202. The molecule has 0 aliphatic heterocycles. The lowest BCUT2D eigenvalue weighted by molar-refractivity contribution is 0.0792. The number of rotatable bonds is 6. The van der Waals surface area contributed by atoms with Crippen molar-refractivity contribution in [2.75, 3.05) is 13.7 Å². The average Bonchev–Trinajstić information content (AvgIpc) is 2.14. The number of methoxy groups -OCH3 is 1. The van der Waals surface area contributed by atoms with Crippen LogP contribution < -0.4 is 5.32 Å². The average molecular weight is 189 g/mol. The minimum atomic E-state index is 0.202. The van der Waals surface area contributed by atoms with Gasteiger partial charge in [-0.05, 0) is 26.7 Å². The quantitative estimate of drug-likeness (QED) is 0.655. The molecule has 0 spiro atoms. The first-order valence-corrected chi connectivity index (χ1v) is 4.92. The molecular formula is C10H23NO2. The third kappa shape index (κ3) is 4.60. The molecule has 0 radical (unpaired) electrons. The van der Waals surface area contributed by atoms with Crippen molar-refractivity contribution in [2.24, 2.45) is 5.92 Å².